The van der Waals surface area contributed by atoms with E-state index in [-0.39, 0.29) is 18.4 Å². The molecule has 0 spiro atoms. The van der Waals surface area contributed by atoms with Gasteiger partial charge in [-0.1, -0.05) is 25.0 Å². The number of carbonyl (C=O) groups is 2. The smallest absolute Gasteiger partial charge is 0.260 e. The minimum atomic E-state index is -0.289. The summed E-state index contributed by atoms with van der Waals surface area (Å²) in [6.07, 6.45) is 4.40. The van der Waals surface area contributed by atoms with Crippen LogP contribution in [0.25, 0.3) is 0 Å². The van der Waals surface area contributed by atoms with Crippen molar-refractivity contribution >= 4 is 17.5 Å². The van der Waals surface area contributed by atoms with Gasteiger partial charge in [-0.15, -0.1) is 0 Å². The molecular weight excluding hydrogens is 356 g/mol. The van der Waals surface area contributed by atoms with E-state index in [1.54, 1.807) is 55.6 Å². The van der Waals surface area contributed by atoms with Gasteiger partial charge in [0, 0.05) is 18.8 Å². The van der Waals surface area contributed by atoms with Gasteiger partial charge in [0.2, 0.25) is 0 Å². The van der Waals surface area contributed by atoms with E-state index in [1.807, 2.05) is 4.90 Å². The average molecular weight is 382 g/mol. The molecular formula is C22H26N2O4. The molecule has 0 radical (unpaired) electrons. The molecule has 0 saturated carbocycles. The fourth-order valence-electron chi connectivity index (χ4n) is 3.20. The van der Waals surface area contributed by atoms with Crippen LogP contribution in [-0.4, -0.2) is 43.5 Å². The predicted octanol–water partition coefficient (Wildman–Crippen LogP) is 3.73. The van der Waals surface area contributed by atoms with Crippen LogP contribution < -0.4 is 14.8 Å². The molecule has 1 fully saturated rings. The summed E-state index contributed by atoms with van der Waals surface area (Å²) in [5, 5.41) is 2.84. The molecule has 28 heavy (non-hydrogen) atoms. The average Bonchev–Trinajstić information content (AvgIpc) is 3.02. The van der Waals surface area contributed by atoms with Gasteiger partial charge < -0.3 is 19.7 Å². The monoisotopic (exact) mass is 382 g/mol. The van der Waals surface area contributed by atoms with E-state index < -0.39 is 0 Å². The number of carbonyl (C=O) groups excluding carboxylic acids is 2. The van der Waals surface area contributed by atoms with Gasteiger partial charge in [-0.2, -0.15) is 0 Å². The first-order valence-corrected chi connectivity index (χ1v) is 9.62. The summed E-state index contributed by atoms with van der Waals surface area (Å²) < 4.78 is 10.8. The zero-order chi connectivity index (χ0) is 19.8. The molecule has 0 atom stereocenters. The molecule has 0 aliphatic carbocycles. The third kappa shape index (κ3) is 5.25. The number of likely N-dealkylation sites (tertiary alicyclic amines) is 1. The van der Waals surface area contributed by atoms with E-state index in [4.69, 9.17) is 9.47 Å². The second-order valence-corrected chi connectivity index (χ2v) is 6.76. The van der Waals surface area contributed by atoms with Crippen molar-refractivity contribution in [2.75, 3.05) is 32.1 Å². The van der Waals surface area contributed by atoms with Gasteiger partial charge in [-0.25, -0.2) is 0 Å². The third-order valence-electron chi connectivity index (χ3n) is 4.79. The molecule has 3 rings (SSSR count). The quantitative estimate of drug-likeness (QED) is 0.827. The first-order chi connectivity index (χ1) is 13.7. The number of nitrogens with zero attached hydrogens (tertiary/aromatic N) is 1. The van der Waals surface area contributed by atoms with Gasteiger partial charge in [0.1, 0.15) is 11.5 Å². The SMILES string of the molecule is COc1ccc(NC(=O)c2ccccc2OCC(=O)N2CCCCCC2)cc1. The highest BCUT2D eigenvalue weighted by molar-refractivity contribution is 6.06. The van der Waals surface area contributed by atoms with Crippen LogP contribution in [0.3, 0.4) is 0 Å². The summed E-state index contributed by atoms with van der Waals surface area (Å²) in [7, 11) is 1.59. The molecule has 2 amide bonds. The fourth-order valence-corrected chi connectivity index (χ4v) is 3.20. The topological polar surface area (TPSA) is 67.9 Å². The van der Waals surface area contributed by atoms with Crippen molar-refractivity contribution in [2.24, 2.45) is 0 Å². The zero-order valence-corrected chi connectivity index (χ0v) is 16.1. The summed E-state index contributed by atoms with van der Waals surface area (Å²) in [6.45, 7) is 1.50. The maximum absolute atomic E-state index is 12.7. The number of amides is 2. The molecule has 0 aromatic heterocycles. The Bertz CT molecular complexity index is 796. The lowest BCUT2D eigenvalue weighted by Crippen LogP contribution is -2.35. The van der Waals surface area contributed by atoms with Gasteiger partial charge in [0.15, 0.2) is 6.61 Å². The highest BCUT2D eigenvalue weighted by Gasteiger charge is 2.18. The van der Waals surface area contributed by atoms with Crippen LogP contribution >= 0.6 is 0 Å². The molecule has 0 bridgehead atoms. The number of hydrogen-bond acceptors (Lipinski definition) is 4. The normalized spacial score (nSPS) is 14.1. The maximum atomic E-state index is 12.7. The minimum Gasteiger partial charge on any atom is -0.497 e. The van der Waals surface area contributed by atoms with Gasteiger partial charge in [-0.05, 0) is 49.2 Å². The Balaban J connectivity index is 1.63. The van der Waals surface area contributed by atoms with Crippen LogP contribution in [0.1, 0.15) is 36.0 Å². The van der Waals surface area contributed by atoms with E-state index in [0.717, 1.165) is 25.9 Å². The lowest BCUT2D eigenvalue weighted by Gasteiger charge is -2.20. The van der Waals surface area contributed by atoms with E-state index >= 15 is 0 Å². The Hall–Kier alpha value is -3.02. The number of nitrogens with one attached hydrogen (secondary N) is 1. The standard InChI is InChI=1S/C22H26N2O4/c1-27-18-12-10-17(11-13-18)23-22(26)19-8-4-5-9-20(19)28-16-21(25)24-14-6-2-3-7-15-24/h4-5,8-13H,2-3,6-7,14-16H2,1H3,(H,23,26). The number of para-hydroxylation sites is 1. The molecule has 6 heteroatoms. The van der Waals surface area contributed by atoms with Crippen LogP contribution in [-0.2, 0) is 4.79 Å². The van der Waals surface area contributed by atoms with Crippen molar-refractivity contribution < 1.29 is 19.1 Å². The van der Waals surface area contributed by atoms with Crippen molar-refractivity contribution in [1.29, 1.82) is 0 Å². The summed E-state index contributed by atoms with van der Waals surface area (Å²) in [4.78, 5) is 27.0. The lowest BCUT2D eigenvalue weighted by molar-refractivity contribution is -0.133. The number of rotatable bonds is 6. The number of ether oxygens (including phenoxy) is 2. The van der Waals surface area contributed by atoms with Crippen molar-refractivity contribution in [3.05, 3.63) is 54.1 Å². The summed E-state index contributed by atoms with van der Waals surface area (Å²) >= 11 is 0. The number of hydrogen-bond donors (Lipinski definition) is 1. The molecule has 1 aliphatic heterocycles. The second-order valence-electron chi connectivity index (χ2n) is 6.76. The summed E-state index contributed by atoms with van der Waals surface area (Å²) in [5.41, 5.74) is 1.04. The zero-order valence-electron chi connectivity index (χ0n) is 16.1. The van der Waals surface area contributed by atoms with Crippen molar-refractivity contribution in [1.82, 2.24) is 4.90 Å². The minimum absolute atomic E-state index is 0.0349. The first-order valence-electron chi connectivity index (χ1n) is 9.62. The highest BCUT2D eigenvalue weighted by Crippen LogP contribution is 2.21. The molecule has 1 saturated heterocycles. The Morgan fingerprint density at radius 2 is 1.64 bits per heavy atom. The second kappa shape index (κ2) is 9.78. The molecule has 1 heterocycles. The number of benzene rings is 2. The van der Waals surface area contributed by atoms with E-state index in [1.165, 1.54) is 12.8 Å². The number of anilines is 1. The molecule has 2 aromatic carbocycles. The van der Waals surface area contributed by atoms with Gasteiger partial charge in [0.05, 0.1) is 12.7 Å². The maximum Gasteiger partial charge on any atom is 0.260 e. The van der Waals surface area contributed by atoms with Gasteiger partial charge >= 0.3 is 0 Å². The number of methoxy groups -OCH3 is 1. The molecule has 6 nitrogen and oxygen atoms in total. The van der Waals surface area contributed by atoms with Crippen molar-refractivity contribution in [3.8, 4) is 11.5 Å². The van der Waals surface area contributed by atoms with E-state index in [2.05, 4.69) is 5.32 Å². The molecule has 1 N–H and O–H groups in total. The Kier molecular flexibility index (Phi) is 6.89. The highest BCUT2D eigenvalue weighted by atomic mass is 16.5. The fraction of sp³-hybridized carbons (Fsp3) is 0.364. The molecule has 0 unspecified atom stereocenters. The first kappa shape index (κ1) is 19.7. The summed E-state index contributed by atoms with van der Waals surface area (Å²) in [5.74, 6) is 0.792. The lowest BCUT2D eigenvalue weighted by atomic mass is 10.2. The third-order valence-corrected chi connectivity index (χ3v) is 4.79. The van der Waals surface area contributed by atoms with Crippen molar-refractivity contribution in [3.63, 3.8) is 0 Å². The van der Waals surface area contributed by atoms with Crippen LogP contribution in [0, 0.1) is 0 Å². The Morgan fingerprint density at radius 1 is 0.964 bits per heavy atom. The van der Waals surface area contributed by atoms with Crippen LogP contribution in [0.2, 0.25) is 0 Å². The largest absolute Gasteiger partial charge is 0.497 e. The molecule has 148 valence electrons. The Labute approximate surface area is 165 Å². The molecule has 1 aliphatic rings. The van der Waals surface area contributed by atoms with Gasteiger partial charge in [-0.3, -0.25) is 9.59 Å². The summed E-state index contributed by atoms with van der Waals surface area (Å²) in [6, 6.07) is 14.0. The van der Waals surface area contributed by atoms with Crippen LogP contribution in [0.4, 0.5) is 5.69 Å². The van der Waals surface area contributed by atoms with E-state index in [9.17, 15) is 9.59 Å². The molecule has 2 aromatic rings. The van der Waals surface area contributed by atoms with Gasteiger partial charge in [0.25, 0.3) is 11.8 Å². The predicted molar refractivity (Wildman–Crippen MR) is 108 cm³/mol. The van der Waals surface area contributed by atoms with E-state index in [0.29, 0.717) is 22.7 Å². The van der Waals surface area contributed by atoms with Crippen molar-refractivity contribution in [2.45, 2.75) is 25.7 Å². The van der Waals surface area contributed by atoms with Crippen LogP contribution in [0.15, 0.2) is 48.5 Å². The van der Waals surface area contributed by atoms with Crippen LogP contribution in [0.5, 0.6) is 11.5 Å². The Morgan fingerprint density at radius 3 is 2.32 bits per heavy atom.